The predicted octanol–water partition coefficient (Wildman–Crippen LogP) is 1.78. The number of allylic oxidation sites excluding steroid dienone is 2. The maximum Gasteiger partial charge on any atom is 0.339 e. The SMILES string of the molecule is COC(=O)c1ccccc1N1C(=O)[C@H]2[C@H](C1=O)[C@H]1C=C[C@H]2C1. The standard InChI is InChI=1S/C17H15NO4/c1-22-17(21)11-4-2-3-5-12(11)18-15(19)13-9-6-7-10(8-9)14(13)16(18)20/h2-7,9-10,13-14H,8H2,1H3/t9-,10-,13+,14+/m0/s1. The molecule has 0 spiro atoms. The van der Waals surface area contributed by atoms with Crippen molar-refractivity contribution in [2.45, 2.75) is 6.42 Å². The van der Waals surface area contributed by atoms with Crippen LogP contribution in [-0.2, 0) is 14.3 Å². The average molecular weight is 297 g/mol. The number of hydrogen-bond donors (Lipinski definition) is 0. The van der Waals surface area contributed by atoms with E-state index in [1.54, 1.807) is 24.3 Å². The highest BCUT2D eigenvalue weighted by atomic mass is 16.5. The van der Waals surface area contributed by atoms with Crippen LogP contribution in [0.4, 0.5) is 5.69 Å². The Bertz CT molecular complexity index is 693. The van der Waals surface area contributed by atoms with E-state index in [9.17, 15) is 14.4 Å². The van der Waals surface area contributed by atoms with Crippen LogP contribution < -0.4 is 4.90 Å². The number of carbonyl (C=O) groups excluding carboxylic acids is 3. The van der Waals surface area contributed by atoms with Crippen molar-refractivity contribution in [2.24, 2.45) is 23.7 Å². The number of methoxy groups -OCH3 is 1. The molecule has 2 aliphatic carbocycles. The monoisotopic (exact) mass is 297 g/mol. The fraction of sp³-hybridized carbons (Fsp3) is 0.353. The van der Waals surface area contributed by atoms with Crippen molar-refractivity contribution in [1.82, 2.24) is 0 Å². The van der Waals surface area contributed by atoms with Crippen molar-refractivity contribution in [2.75, 3.05) is 12.0 Å². The van der Waals surface area contributed by atoms with Gasteiger partial charge in [-0.15, -0.1) is 0 Å². The Morgan fingerprint density at radius 3 is 2.27 bits per heavy atom. The normalized spacial score (nSPS) is 31.8. The molecule has 0 N–H and O–H groups in total. The Balaban J connectivity index is 1.78. The van der Waals surface area contributed by atoms with Gasteiger partial charge in [-0.05, 0) is 30.4 Å². The molecular formula is C17H15NO4. The van der Waals surface area contributed by atoms with Crippen molar-refractivity contribution in [3.63, 3.8) is 0 Å². The summed E-state index contributed by atoms with van der Waals surface area (Å²) in [4.78, 5) is 38.6. The lowest BCUT2D eigenvalue weighted by Gasteiger charge is -2.19. The maximum atomic E-state index is 12.8. The molecule has 2 amide bonds. The molecule has 1 heterocycles. The molecule has 5 heteroatoms. The fourth-order valence-corrected chi connectivity index (χ4v) is 4.09. The molecule has 1 saturated heterocycles. The van der Waals surface area contributed by atoms with Gasteiger partial charge in [0.2, 0.25) is 11.8 Å². The highest BCUT2D eigenvalue weighted by Crippen LogP contribution is 2.53. The maximum absolute atomic E-state index is 12.8. The molecule has 2 bridgehead atoms. The lowest BCUT2D eigenvalue weighted by Crippen LogP contribution is -2.34. The summed E-state index contributed by atoms with van der Waals surface area (Å²) in [6, 6.07) is 6.59. The number of rotatable bonds is 2. The lowest BCUT2D eigenvalue weighted by atomic mass is 9.85. The van der Waals surface area contributed by atoms with Crippen LogP contribution in [0.2, 0.25) is 0 Å². The van der Waals surface area contributed by atoms with E-state index in [0.29, 0.717) is 5.69 Å². The van der Waals surface area contributed by atoms with Crippen molar-refractivity contribution < 1.29 is 19.1 Å². The van der Waals surface area contributed by atoms with E-state index in [1.807, 2.05) is 12.2 Å². The molecule has 4 atom stereocenters. The van der Waals surface area contributed by atoms with Crippen molar-refractivity contribution in [1.29, 1.82) is 0 Å². The van der Waals surface area contributed by atoms with Crippen LogP contribution in [-0.4, -0.2) is 24.9 Å². The van der Waals surface area contributed by atoms with Crippen molar-refractivity contribution in [3.05, 3.63) is 42.0 Å². The molecule has 1 aromatic carbocycles. The van der Waals surface area contributed by atoms with Crippen LogP contribution in [0.25, 0.3) is 0 Å². The van der Waals surface area contributed by atoms with Crippen LogP contribution >= 0.6 is 0 Å². The second kappa shape index (κ2) is 4.53. The number of carbonyl (C=O) groups is 3. The largest absolute Gasteiger partial charge is 0.465 e. The molecule has 0 unspecified atom stereocenters. The van der Waals surface area contributed by atoms with Gasteiger partial charge in [-0.2, -0.15) is 0 Å². The highest BCUT2D eigenvalue weighted by Gasteiger charge is 2.59. The van der Waals surface area contributed by atoms with E-state index >= 15 is 0 Å². The Labute approximate surface area is 127 Å². The summed E-state index contributed by atoms with van der Waals surface area (Å²) in [5.41, 5.74) is 0.574. The van der Waals surface area contributed by atoms with Crippen LogP contribution in [0.1, 0.15) is 16.8 Å². The molecule has 112 valence electrons. The third-order valence-corrected chi connectivity index (χ3v) is 5.02. The van der Waals surface area contributed by atoms with E-state index in [4.69, 9.17) is 4.74 Å². The van der Waals surface area contributed by atoms with Gasteiger partial charge in [-0.3, -0.25) is 9.59 Å². The number of fused-ring (bicyclic) bond motifs is 5. The Hall–Kier alpha value is -2.43. The second-order valence-electron chi connectivity index (χ2n) is 6.02. The molecule has 0 aromatic heterocycles. The number of amides is 2. The van der Waals surface area contributed by atoms with Crippen molar-refractivity contribution in [3.8, 4) is 0 Å². The zero-order chi connectivity index (χ0) is 15.4. The number of anilines is 1. The van der Waals surface area contributed by atoms with E-state index in [2.05, 4.69) is 0 Å². The zero-order valence-corrected chi connectivity index (χ0v) is 12.1. The molecule has 4 rings (SSSR count). The number of imide groups is 1. The summed E-state index contributed by atoms with van der Waals surface area (Å²) in [5.74, 6) is -1.16. The topological polar surface area (TPSA) is 63.7 Å². The molecular weight excluding hydrogens is 282 g/mol. The molecule has 0 radical (unpaired) electrons. The summed E-state index contributed by atoms with van der Waals surface area (Å²) >= 11 is 0. The van der Waals surface area contributed by atoms with E-state index in [0.717, 1.165) is 6.42 Å². The first kappa shape index (κ1) is 13.2. The molecule has 22 heavy (non-hydrogen) atoms. The van der Waals surface area contributed by atoms with Gasteiger partial charge in [-0.1, -0.05) is 24.3 Å². The van der Waals surface area contributed by atoms with Crippen LogP contribution in [0.3, 0.4) is 0 Å². The van der Waals surface area contributed by atoms with Crippen molar-refractivity contribution >= 4 is 23.5 Å². The summed E-state index contributed by atoms with van der Waals surface area (Å²) < 4.78 is 4.76. The molecule has 1 saturated carbocycles. The second-order valence-corrected chi connectivity index (χ2v) is 6.02. The summed E-state index contributed by atoms with van der Waals surface area (Å²) in [6.45, 7) is 0. The fourth-order valence-electron chi connectivity index (χ4n) is 4.09. The van der Waals surface area contributed by atoms with Crippen LogP contribution in [0, 0.1) is 23.7 Å². The van der Waals surface area contributed by atoms with Gasteiger partial charge >= 0.3 is 5.97 Å². The molecule has 5 nitrogen and oxygen atoms in total. The predicted molar refractivity (Wildman–Crippen MR) is 78.0 cm³/mol. The minimum atomic E-state index is -0.547. The Morgan fingerprint density at radius 1 is 1.09 bits per heavy atom. The molecule has 1 aromatic rings. The Morgan fingerprint density at radius 2 is 1.68 bits per heavy atom. The average Bonchev–Trinajstić information content (AvgIpc) is 3.21. The first-order chi connectivity index (χ1) is 10.6. The number of benzene rings is 1. The summed E-state index contributed by atoms with van der Waals surface area (Å²) in [7, 11) is 1.28. The van der Waals surface area contributed by atoms with Gasteiger partial charge in [0.05, 0.1) is 30.2 Å². The number of ether oxygens (including phenoxy) is 1. The third kappa shape index (κ3) is 1.56. The minimum Gasteiger partial charge on any atom is -0.465 e. The van der Waals surface area contributed by atoms with Crippen LogP contribution in [0.15, 0.2) is 36.4 Å². The molecule has 1 aliphatic heterocycles. The Kier molecular flexibility index (Phi) is 2.73. The van der Waals surface area contributed by atoms with Crippen LogP contribution in [0.5, 0.6) is 0 Å². The van der Waals surface area contributed by atoms with Gasteiger partial charge in [0.1, 0.15) is 0 Å². The third-order valence-electron chi connectivity index (χ3n) is 5.02. The van der Waals surface area contributed by atoms with E-state index in [1.165, 1.54) is 12.0 Å². The number of nitrogens with zero attached hydrogens (tertiary/aromatic N) is 1. The molecule has 2 fully saturated rings. The minimum absolute atomic E-state index is 0.154. The van der Waals surface area contributed by atoms with Gasteiger partial charge in [0.25, 0.3) is 0 Å². The summed E-state index contributed by atoms with van der Waals surface area (Å²) in [6.07, 6.45) is 4.98. The van der Waals surface area contributed by atoms with Gasteiger partial charge in [-0.25, -0.2) is 9.69 Å². The lowest BCUT2D eigenvalue weighted by molar-refractivity contribution is -0.123. The molecule has 3 aliphatic rings. The first-order valence-electron chi connectivity index (χ1n) is 7.37. The number of hydrogen-bond acceptors (Lipinski definition) is 4. The number of para-hydroxylation sites is 1. The first-order valence-corrected chi connectivity index (χ1v) is 7.37. The van der Waals surface area contributed by atoms with Gasteiger partial charge in [0, 0.05) is 0 Å². The highest BCUT2D eigenvalue weighted by molar-refractivity contribution is 6.24. The zero-order valence-electron chi connectivity index (χ0n) is 12.1. The van der Waals surface area contributed by atoms with Gasteiger partial charge in [0.15, 0.2) is 0 Å². The van der Waals surface area contributed by atoms with E-state index < -0.39 is 5.97 Å². The number of esters is 1. The quantitative estimate of drug-likeness (QED) is 0.474. The van der Waals surface area contributed by atoms with E-state index in [-0.39, 0.29) is 41.0 Å². The van der Waals surface area contributed by atoms with Gasteiger partial charge < -0.3 is 4.74 Å². The summed E-state index contributed by atoms with van der Waals surface area (Å²) in [5, 5.41) is 0. The smallest absolute Gasteiger partial charge is 0.339 e.